The molecule has 3 aromatic rings. The van der Waals surface area contributed by atoms with Gasteiger partial charge in [0.1, 0.15) is 5.69 Å². The monoisotopic (exact) mass is 359 g/mol. The highest BCUT2D eigenvalue weighted by molar-refractivity contribution is 5.73. The Hall–Kier alpha value is -3.30. The first kappa shape index (κ1) is 16.2. The highest BCUT2D eigenvalue weighted by atomic mass is 19.4. The second-order valence-corrected chi connectivity index (χ2v) is 5.59. The second-order valence-electron chi connectivity index (χ2n) is 5.59. The summed E-state index contributed by atoms with van der Waals surface area (Å²) in [5, 5.41) is 10.4. The van der Waals surface area contributed by atoms with Crippen LogP contribution in [0.15, 0.2) is 54.2 Å². The van der Waals surface area contributed by atoms with Crippen LogP contribution in [0, 0.1) is 0 Å². The summed E-state index contributed by atoms with van der Waals surface area (Å²) in [6, 6.07) is 6.25. The molecule has 0 aliphatic carbocycles. The highest BCUT2D eigenvalue weighted by Crippen LogP contribution is 2.28. The topological polar surface area (TPSA) is 72.1 Å². The van der Waals surface area contributed by atoms with Crippen molar-refractivity contribution in [2.75, 3.05) is 11.6 Å². The first-order chi connectivity index (χ1) is 12.5. The molecule has 3 aromatic heterocycles. The van der Waals surface area contributed by atoms with Gasteiger partial charge in [-0.1, -0.05) is 0 Å². The molecule has 0 amide bonds. The summed E-state index contributed by atoms with van der Waals surface area (Å²) in [7, 11) is 0. The molecule has 0 aromatic carbocycles. The molecule has 26 heavy (non-hydrogen) atoms. The quantitative estimate of drug-likeness (QED) is 0.719. The minimum atomic E-state index is -4.53. The number of nitrogens with zero attached hydrogens (tertiary/aromatic N) is 7. The SMILES string of the molecule is FC(F)(F)c1ccnc(-n2ccc(C3C=NN(c4cccnc4)C3)n2)n1. The van der Waals surface area contributed by atoms with Crippen LogP contribution in [-0.2, 0) is 6.18 Å². The number of hydrogen-bond acceptors (Lipinski definition) is 6. The van der Waals surface area contributed by atoms with Crippen LogP contribution in [0.1, 0.15) is 17.3 Å². The number of hydrogen-bond donors (Lipinski definition) is 0. The molecule has 1 unspecified atom stereocenters. The lowest BCUT2D eigenvalue weighted by Crippen LogP contribution is -2.17. The summed E-state index contributed by atoms with van der Waals surface area (Å²) in [5.74, 6) is -0.229. The van der Waals surface area contributed by atoms with Crippen LogP contribution < -0.4 is 5.01 Å². The molecule has 0 N–H and O–H groups in total. The Morgan fingerprint density at radius 1 is 1.12 bits per heavy atom. The zero-order valence-corrected chi connectivity index (χ0v) is 13.2. The van der Waals surface area contributed by atoms with Crippen LogP contribution in [0.4, 0.5) is 18.9 Å². The van der Waals surface area contributed by atoms with Gasteiger partial charge in [-0.15, -0.1) is 0 Å². The third kappa shape index (κ3) is 3.13. The van der Waals surface area contributed by atoms with E-state index in [9.17, 15) is 13.2 Å². The number of hydrazone groups is 1. The van der Waals surface area contributed by atoms with Crippen molar-refractivity contribution in [1.29, 1.82) is 0 Å². The van der Waals surface area contributed by atoms with Crippen molar-refractivity contribution < 1.29 is 13.2 Å². The van der Waals surface area contributed by atoms with Gasteiger partial charge in [0.2, 0.25) is 0 Å². The Bertz CT molecular complexity index is 936. The maximum atomic E-state index is 12.8. The zero-order valence-electron chi connectivity index (χ0n) is 13.2. The van der Waals surface area contributed by atoms with Gasteiger partial charge in [0, 0.05) is 24.8 Å². The molecular formula is C16H12F3N7. The van der Waals surface area contributed by atoms with Crippen molar-refractivity contribution in [3.63, 3.8) is 0 Å². The number of aromatic nitrogens is 5. The van der Waals surface area contributed by atoms with E-state index in [0.717, 1.165) is 18.0 Å². The normalized spacial score (nSPS) is 17.0. The third-order valence-electron chi connectivity index (χ3n) is 3.83. The van der Waals surface area contributed by atoms with E-state index in [4.69, 9.17) is 0 Å². The molecule has 4 heterocycles. The van der Waals surface area contributed by atoms with Crippen molar-refractivity contribution in [2.45, 2.75) is 12.1 Å². The molecule has 0 spiro atoms. The molecule has 0 radical (unpaired) electrons. The smallest absolute Gasteiger partial charge is 0.263 e. The van der Waals surface area contributed by atoms with Gasteiger partial charge in [0.25, 0.3) is 5.95 Å². The van der Waals surface area contributed by atoms with E-state index in [0.29, 0.717) is 12.2 Å². The van der Waals surface area contributed by atoms with E-state index < -0.39 is 11.9 Å². The number of anilines is 1. The maximum Gasteiger partial charge on any atom is 0.433 e. The van der Waals surface area contributed by atoms with E-state index in [1.807, 2.05) is 12.1 Å². The fraction of sp³-hybridized carbons (Fsp3) is 0.188. The number of rotatable bonds is 3. The van der Waals surface area contributed by atoms with Gasteiger partial charge in [0.15, 0.2) is 0 Å². The first-order valence-corrected chi connectivity index (χ1v) is 7.68. The summed E-state index contributed by atoms with van der Waals surface area (Å²) in [6.45, 7) is 0.562. The van der Waals surface area contributed by atoms with Crippen molar-refractivity contribution in [1.82, 2.24) is 24.7 Å². The standard InChI is InChI=1S/C16H12F3N7/c17-16(18,19)14-3-6-21-15(23-14)25-7-4-13(24-25)11-8-22-26(10-11)12-2-1-5-20-9-12/h1-9,11H,10H2. The van der Waals surface area contributed by atoms with Gasteiger partial charge in [-0.2, -0.15) is 23.4 Å². The van der Waals surface area contributed by atoms with Crippen molar-refractivity contribution in [2.24, 2.45) is 5.10 Å². The summed E-state index contributed by atoms with van der Waals surface area (Å²) in [4.78, 5) is 11.4. The minimum absolute atomic E-state index is 0.0951. The first-order valence-electron chi connectivity index (χ1n) is 7.68. The molecule has 0 saturated heterocycles. The van der Waals surface area contributed by atoms with Crippen LogP contribution in [0.2, 0.25) is 0 Å². The fourth-order valence-electron chi connectivity index (χ4n) is 2.55. The van der Waals surface area contributed by atoms with Gasteiger partial charge in [0.05, 0.1) is 30.0 Å². The Balaban J connectivity index is 1.54. The summed E-state index contributed by atoms with van der Waals surface area (Å²) >= 11 is 0. The third-order valence-corrected chi connectivity index (χ3v) is 3.83. The molecule has 1 aliphatic heterocycles. The van der Waals surface area contributed by atoms with E-state index in [2.05, 4.69) is 25.2 Å². The average Bonchev–Trinajstić information content (AvgIpc) is 3.31. The van der Waals surface area contributed by atoms with Gasteiger partial charge in [-0.3, -0.25) is 9.99 Å². The van der Waals surface area contributed by atoms with Crippen LogP contribution in [0.25, 0.3) is 5.95 Å². The largest absolute Gasteiger partial charge is 0.433 e. The lowest BCUT2D eigenvalue weighted by atomic mass is 10.1. The van der Waals surface area contributed by atoms with Crippen molar-refractivity contribution in [3.05, 3.63) is 60.4 Å². The molecule has 10 heteroatoms. The fourth-order valence-corrected chi connectivity index (χ4v) is 2.55. The molecule has 7 nitrogen and oxygen atoms in total. The van der Waals surface area contributed by atoms with E-state index in [-0.39, 0.29) is 11.9 Å². The number of halogens is 3. The molecule has 1 aliphatic rings. The number of pyridine rings is 1. The van der Waals surface area contributed by atoms with Crippen molar-refractivity contribution in [3.8, 4) is 5.95 Å². The Labute approximate surface area is 145 Å². The van der Waals surface area contributed by atoms with E-state index >= 15 is 0 Å². The highest BCUT2D eigenvalue weighted by Gasteiger charge is 2.33. The predicted octanol–water partition coefficient (Wildman–Crippen LogP) is 2.67. The molecule has 1 atom stereocenters. The van der Waals surface area contributed by atoms with Gasteiger partial charge >= 0.3 is 6.18 Å². The second kappa shape index (κ2) is 6.21. The molecule has 0 bridgehead atoms. The zero-order chi connectivity index (χ0) is 18.1. The molecule has 0 fully saturated rings. The van der Waals surface area contributed by atoms with Gasteiger partial charge in [-0.05, 0) is 24.3 Å². The predicted molar refractivity (Wildman–Crippen MR) is 87.0 cm³/mol. The summed E-state index contributed by atoms with van der Waals surface area (Å²) in [5.41, 5.74) is 0.512. The lowest BCUT2D eigenvalue weighted by molar-refractivity contribution is -0.141. The van der Waals surface area contributed by atoms with E-state index in [1.165, 1.54) is 10.9 Å². The van der Waals surface area contributed by atoms with E-state index in [1.54, 1.807) is 29.7 Å². The van der Waals surface area contributed by atoms with Crippen LogP contribution in [0.5, 0.6) is 0 Å². The van der Waals surface area contributed by atoms with Gasteiger partial charge < -0.3 is 0 Å². The van der Waals surface area contributed by atoms with Crippen LogP contribution in [0.3, 0.4) is 0 Å². The van der Waals surface area contributed by atoms with Crippen LogP contribution in [-0.4, -0.2) is 37.5 Å². The molecule has 132 valence electrons. The maximum absolute atomic E-state index is 12.8. The Morgan fingerprint density at radius 2 is 2.00 bits per heavy atom. The lowest BCUT2D eigenvalue weighted by Gasteiger charge is -2.14. The average molecular weight is 359 g/mol. The molecular weight excluding hydrogens is 347 g/mol. The summed E-state index contributed by atoms with van der Waals surface area (Å²) in [6.07, 6.45) is 3.19. The minimum Gasteiger partial charge on any atom is -0.263 e. The van der Waals surface area contributed by atoms with Crippen molar-refractivity contribution >= 4 is 11.9 Å². The Morgan fingerprint density at radius 3 is 2.77 bits per heavy atom. The number of alkyl halides is 3. The van der Waals surface area contributed by atoms with Gasteiger partial charge in [-0.25, -0.2) is 14.6 Å². The molecule has 4 rings (SSSR count). The van der Waals surface area contributed by atoms with Crippen LogP contribution >= 0.6 is 0 Å². The summed E-state index contributed by atoms with van der Waals surface area (Å²) < 4.78 is 39.6. The Kier molecular flexibility index (Phi) is 3.86. The molecule has 0 saturated carbocycles.